The van der Waals surface area contributed by atoms with Crippen LogP contribution in [0.2, 0.25) is 0 Å². The summed E-state index contributed by atoms with van der Waals surface area (Å²) in [5.74, 6) is 2.53. The third-order valence-electron chi connectivity index (χ3n) is 3.95. The largest absolute Gasteiger partial charge is 0.372 e. The maximum absolute atomic E-state index is 4.74. The molecular weight excluding hydrogens is 238 g/mol. The lowest BCUT2D eigenvalue weighted by atomic mass is 10.0. The molecule has 0 bridgehead atoms. The van der Waals surface area contributed by atoms with Crippen molar-refractivity contribution in [1.29, 1.82) is 0 Å². The van der Waals surface area contributed by atoms with Gasteiger partial charge >= 0.3 is 0 Å². The van der Waals surface area contributed by atoms with Crippen molar-refractivity contribution in [2.24, 2.45) is 5.92 Å². The molecule has 0 saturated carbocycles. The van der Waals surface area contributed by atoms with Crippen LogP contribution in [-0.4, -0.2) is 34.0 Å². The lowest BCUT2D eigenvalue weighted by molar-refractivity contribution is 0.490. The van der Waals surface area contributed by atoms with Crippen LogP contribution < -0.4 is 10.2 Å². The highest BCUT2D eigenvalue weighted by Gasteiger charge is 2.30. The Kier molecular flexibility index (Phi) is 3.05. The van der Waals surface area contributed by atoms with Crippen LogP contribution in [0.15, 0.2) is 18.6 Å². The Hall–Kier alpha value is -1.78. The summed E-state index contributed by atoms with van der Waals surface area (Å²) in [5.41, 5.74) is 0.951. The molecule has 5 heteroatoms. The number of fused-ring (bicyclic) bond motifs is 1. The molecule has 0 amide bonds. The first-order chi connectivity index (χ1) is 9.20. The summed E-state index contributed by atoms with van der Waals surface area (Å²) in [4.78, 5) is 11.6. The van der Waals surface area contributed by atoms with Crippen LogP contribution in [0, 0.1) is 5.92 Å². The zero-order valence-electron chi connectivity index (χ0n) is 11.8. The van der Waals surface area contributed by atoms with Crippen LogP contribution in [0.4, 0.5) is 11.6 Å². The van der Waals surface area contributed by atoms with Gasteiger partial charge in [-0.2, -0.15) is 0 Å². The highest BCUT2D eigenvalue weighted by Crippen LogP contribution is 2.31. The average molecular weight is 259 g/mol. The SMILES string of the molecule is CNc1cn2ccnc2c(N2CCCC2C(C)C)n1. The fraction of sp³-hybridized carbons (Fsp3) is 0.571. The summed E-state index contributed by atoms with van der Waals surface area (Å²) in [5, 5.41) is 3.13. The van der Waals surface area contributed by atoms with E-state index in [2.05, 4.69) is 29.0 Å². The Bertz CT molecular complexity index is 574. The number of nitrogens with one attached hydrogen (secondary N) is 1. The lowest BCUT2D eigenvalue weighted by Gasteiger charge is -2.29. The summed E-state index contributed by atoms with van der Waals surface area (Å²) >= 11 is 0. The Morgan fingerprint density at radius 2 is 2.26 bits per heavy atom. The fourth-order valence-electron chi connectivity index (χ4n) is 2.98. The minimum Gasteiger partial charge on any atom is -0.372 e. The Labute approximate surface area is 113 Å². The van der Waals surface area contributed by atoms with Gasteiger partial charge in [0.1, 0.15) is 5.82 Å². The van der Waals surface area contributed by atoms with Gasteiger partial charge in [0.05, 0.1) is 6.20 Å². The predicted octanol–water partition coefficient (Wildman–Crippen LogP) is 2.40. The second-order valence-corrected chi connectivity index (χ2v) is 5.50. The number of rotatable bonds is 3. The van der Waals surface area contributed by atoms with Crippen molar-refractivity contribution >= 4 is 17.3 Å². The summed E-state index contributed by atoms with van der Waals surface area (Å²) in [6.07, 6.45) is 8.27. The van der Waals surface area contributed by atoms with Gasteiger partial charge in [-0.1, -0.05) is 13.8 Å². The summed E-state index contributed by atoms with van der Waals surface area (Å²) in [7, 11) is 1.90. The van der Waals surface area contributed by atoms with Gasteiger partial charge in [-0.15, -0.1) is 0 Å². The molecule has 1 aliphatic heterocycles. The molecule has 0 spiro atoms. The number of imidazole rings is 1. The summed E-state index contributed by atoms with van der Waals surface area (Å²) in [6, 6.07) is 0.570. The van der Waals surface area contributed by atoms with Gasteiger partial charge in [-0.3, -0.25) is 0 Å². The van der Waals surface area contributed by atoms with Crippen molar-refractivity contribution < 1.29 is 0 Å². The average Bonchev–Trinajstić information content (AvgIpc) is 3.05. The number of hydrogen-bond donors (Lipinski definition) is 1. The van der Waals surface area contributed by atoms with Crippen LogP contribution in [0.25, 0.3) is 5.65 Å². The molecule has 1 N–H and O–H groups in total. The molecule has 1 fully saturated rings. The first-order valence-corrected chi connectivity index (χ1v) is 6.99. The van der Waals surface area contributed by atoms with E-state index in [0.29, 0.717) is 12.0 Å². The first-order valence-electron chi connectivity index (χ1n) is 6.99. The van der Waals surface area contributed by atoms with Crippen LogP contribution in [0.1, 0.15) is 26.7 Å². The molecule has 3 heterocycles. The molecule has 19 heavy (non-hydrogen) atoms. The van der Waals surface area contributed by atoms with E-state index in [1.54, 1.807) is 0 Å². The number of nitrogens with zero attached hydrogens (tertiary/aromatic N) is 4. The van der Waals surface area contributed by atoms with Gasteiger partial charge in [-0.05, 0) is 18.8 Å². The number of aromatic nitrogens is 3. The van der Waals surface area contributed by atoms with Gasteiger partial charge in [0.25, 0.3) is 0 Å². The maximum atomic E-state index is 4.74. The van der Waals surface area contributed by atoms with Crippen LogP contribution in [0.3, 0.4) is 0 Å². The Balaban J connectivity index is 2.10. The van der Waals surface area contributed by atoms with Crippen molar-refractivity contribution in [1.82, 2.24) is 14.4 Å². The highest BCUT2D eigenvalue weighted by molar-refractivity contribution is 5.67. The fourth-order valence-corrected chi connectivity index (χ4v) is 2.98. The molecule has 5 nitrogen and oxygen atoms in total. The molecule has 2 aromatic rings. The van der Waals surface area contributed by atoms with E-state index in [-0.39, 0.29) is 0 Å². The second kappa shape index (κ2) is 4.72. The van der Waals surface area contributed by atoms with E-state index in [9.17, 15) is 0 Å². The minimum atomic E-state index is 0.570. The molecule has 2 aromatic heterocycles. The van der Waals surface area contributed by atoms with E-state index in [1.165, 1.54) is 12.8 Å². The highest BCUT2D eigenvalue weighted by atomic mass is 15.3. The first kappa shape index (κ1) is 12.3. The van der Waals surface area contributed by atoms with Crippen LogP contribution in [-0.2, 0) is 0 Å². The van der Waals surface area contributed by atoms with Crippen molar-refractivity contribution in [2.45, 2.75) is 32.7 Å². The third kappa shape index (κ3) is 2.03. The van der Waals surface area contributed by atoms with Gasteiger partial charge in [0.2, 0.25) is 0 Å². The lowest BCUT2D eigenvalue weighted by Crippen LogP contribution is -2.34. The van der Waals surface area contributed by atoms with Crippen LogP contribution in [0.5, 0.6) is 0 Å². The summed E-state index contributed by atoms with van der Waals surface area (Å²) < 4.78 is 2.05. The van der Waals surface area contributed by atoms with Crippen molar-refractivity contribution in [3.63, 3.8) is 0 Å². The molecule has 1 saturated heterocycles. The van der Waals surface area contributed by atoms with Crippen molar-refractivity contribution in [2.75, 3.05) is 23.8 Å². The van der Waals surface area contributed by atoms with Crippen molar-refractivity contribution in [3.8, 4) is 0 Å². The third-order valence-corrected chi connectivity index (χ3v) is 3.95. The monoisotopic (exact) mass is 259 g/mol. The normalized spacial score (nSPS) is 19.6. The Morgan fingerprint density at radius 3 is 3.00 bits per heavy atom. The molecule has 0 radical (unpaired) electrons. The van der Waals surface area contributed by atoms with Gasteiger partial charge < -0.3 is 14.6 Å². The summed E-state index contributed by atoms with van der Waals surface area (Å²) in [6.45, 7) is 5.65. The molecule has 102 valence electrons. The quantitative estimate of drug-likeness (QED) is 0.919. The second-order valence-electron chi connectivity index (χ2n) is 5.50. The van der Waals surface area contributed by atoms with Gasteiger partial charge in [0, 0.05) is 32.0 Å². The predicted molar refractivity (Wildman–Crippen MR) is 77.7 cm³/mol. The number of hydrogen-bond acceptors (Lipinski definition) is 4. The van der Waals surface area contributed by atoms with Gasteiger partial charge in [0.15, 0.2) is 11.5 Å². The van der Waals surface area contributed by atoms with Crippen LogP contribution >= 0.6 is 0 Å². The molecule has 3 rings (SSSR count). The molecule has 0 aliphatic carbocycles. The molecule has 1 aliphatic rings. The zero-order chi connectivity index (χ0) is 13.4. The topological polar surface area (TPSA) is 45.5 Å². The molecule has 1 atom stereocenters. The van der Waals surface area contributed by atoms with E-state index >= 15 is 0 Å². The minimum absolute atomic E-state index is 0.570. The standard InChI is InChI=1S/C14H21N5/c1-10(2)11-5-4-7-19(11)14-13-16-6-8-18(13)9-12(15-3)17-14/h6,8-11,15H,4-5,7H2,1-3H3. The Morgan fingerprint density at radius 1 is 1.42 bits per heavy atom. The van der Waals surface area contributed by atoms with Gasteiger partial charge in [-0.25, -0.2) is 9.97 Å². The number of anilines is 2. The smallest absolute Gasteiger partial charge is 0.180 e. The van der Waals surface area contributed by atoms with E-state index in [1.807, 2.05) is 30.0 Å². The maximum Gasteiger partial charge on any atom is 0.180 e. The van der Waals surface area contributed by atoms with Crippen molar-refractivity contribution in [3.05, 3.63) is 18.6 Å². The molecule has 1 unspecified atom stereocenters. The van der Waals surface area contributed by atoms with E-state index in [4.69, 9.17) is 4.98 Å². The molecule has 0 aromatic carbocycles. The van der Waals surface area contributed by atoms with E-state index < -0.39 is 0 Å². The zero-order valence-corrected chi connectivity index (χ0v) is 11.8. The molecular formula is C14H21N5. The van der Waals surface area contributed by atoms with E-state index in [0.717, 1.165) is 23.8 Å².